The van der Waals surface area contributed by atoms with E-state index in [2.05, 4.69) is 10.3 Å². The van der Waals surface area contributed by atoms with E-state index in [0.717, 1.165) is 22.2 Å². The predicted molar refractivity (Wildman–Crippen MR) is 82.5 cm³/mol. The van der Waals surface area contributed by atoms with Gasteiger partial charge >= 0.3 is 0 Å². The van der Waals surface area contributed by atoms with E-state index in [0.29, 0.717) is 12.1 Å². The lowest BCUT2D eigenvalue weighted by Gasteiger charge is -2.07. The van der Waals surface area contributed by atoms with Crippen molar-refractivity contribution in [3.63, 3.8) is 0 Å². The maximum Gasteiger partial charge on any atom is 0.252 e. The van der Waals surface area contributed by atoms with E-state index in [1.807, 2.05) is 54.7 Å². The number of fused-ring (bicyclic) bond motifs is 1. The lowest BCUT2D eigenvalue weighted by atomic mass is 10.1. The number of H-pyrrole nitrogens is 1. The molecule has 0 radical (unpaired) electrons. The minimum absolute atomic E-state index is 0.0731. The number of benzene rings is 2. The van der Waals surface area contributed by atoms with E-state index in [4.69, 9.17) is 4.74 Å². The van der Waals surface area contributed by atoms with Crippen molar-refractivity contribution >= 4 is 16.8 Å². The Morgan fingerprint density at radius 3 is 2.71 bits per heavy atom. The molecule has 4 nitrogen and oxygen atoms in total. The molecule has 1 amide bonds. The summed E-state index contributed by atoms with van der Waals surface area (Å²) in [4.78, 5) is 15.4. The van der Waals surface area contributed by atoms with Crippen molar-refractivity contribution in [1.82, 2.24) is 10.3 Å². The molecule has 0 aliphatic heterocycles. The molecule has 106 valence electrons. The van der Waals surface area contributed by atoms with E-state index in [1.165, 1.54) is 0 Å². The van der Waals surface area contributed by atoms with Crippen molar-refractivity contribution in [3.05, 3.63) is 65.9 Å². The van der Waals surface area contributed by atoms with Crippen molar-refractivity contribution in [1.29, 1.82) is 0 Å². The molecule has 0 saturated carbocycles. The van der Waals surface area contributed by atoms with Gasteiger partial charge in [0.1, 0.15) is 5.75 Å². The van der Waals surface area contributed by atoms with Gasteiger partial charge in [-0.1, -0.05) is 18.2 Å². The Hall–Kier alpha value is -2.75. The zero-order valence-electron chi connectivity index (χ0n) is 11.7. The molecular weight excluding hydrogens is 264 g/mol. The van der Waals surface area contributed by atoms with Gasteiger partial charge in [-0.3, -0.25) is 4.79 Å². The van der Waals surface area contributed by atoms with Crippen LogP contribution in [0.3, 0.4) is 0 Å². The standard InChI is InChI=1S/C17H16N2O2/c1-21-13-7-5-12(6-8-13)11-19-17(20)15-3-2-4-16-14(15)9-10-18-16/h2-10,18H,11H2,1H3,(H,19,20). The SMILES string of the molecule is COc1ccc(CNC(=O)c2cccc3[nH]ccc23)cc1. The summed E-state index contributed by atoms with van der Waals surface area (Å²) in [6.45, 7) is 0.490. The molecule has 21 heavy (non-hydrogen) atoms. The predicted octanol–water partition coefficient (Wildman–Crippen LogP) is 3.11. The van der Waals surface area contributed by atoms with Crippen LogP contribution in [0.1, 0.15) is 15.9 Å². The first kappa shape index (κ1) is 13.2. The lowest BCUT2D eigenvalue weighted by Crippen LogP contribution is -2.22. The minimum atomic E-state index is -0.0731. The van der Waals surface area contributed by atoms with E-state index in [9.17, 15) is 4.79 Å². The molecule has 0 unspecified atom stereocenters. The molecule has 0 spiro atoms. The molecule has 2 N–H and O–H groups in total. The largest absolute Gasteiger partial charge is 0.497 e. The second-order valence-corrected chi connectivity index (χ2v) is 4.78. The van der Waals surface area contributed by atoms with Crippen molar-refractivity contribution in [2.75, 3.05) is 7.11 Å². The van der Waals surface area contributed by atoms with Crippen LogP contribution in [-0.2, 0) is 6.54 Å². The average molecular weight is 280 g/mol. The molecule has 3 rings (SSSR count). The van der Waals surface area contributed by atoms with Crippen molar-refractivity contribution < 1.29 is 9.53 Å². The van der Waals surface area contributed by atoms with E-state index >= 15 is 0 Å². The van der Waals surface area contributed by atoms with Gasteiger partial charge < -0.3 is 15.0 Å². The van der Waals surface area contributed by atoms with Gasteiger partial charge in [-0.2, -0.15) is 0 Å². The Labute approximate surface area is 122 Å². The van der Waals surface area contributed by atoms with Gasteiger partial charge in [0, 0.05) is 29.2 Å². The fourth-order valence-electron chi connectivity index (χ4n) is 2.30. The molecule has 3 aromatic rings. The van der Waals surface area contributed by atoms with Crippen molar-refractivity contribution in [3.8, 4) is 5.75 Å². The van der Waals surface area contributed by atoms with Crippen LogP contribution in [0.2, 0.25) is 0 Å². The molecule has 0 saturated heterocycles. The van der Waals surface area contributed by atoms with E-state index in [1.54, 1.807) is 7.11 Å². The highest BCUT2D eigenvalue weighted by Crippen LogP contribution is 2.17. The van der Waals surface area contributed by atoms with Crippen LogP contribution in [-0.4, -0.2) is 18.0 Å². The number of carbonyl (C=O) groups excluding carboxylic acids is 1. The molecule has 0 aliphatic carbocycles. The molecule has 4 heteroatoms. The van der Waals surface area contributed by atoms with E-state index < -0.39 is 0 Å². The molecule has 0 atom stereocenters. The Kier molecular flexibility index (Phi) is 3.60. The third-order valence-electron chi connectivity index (χ3n) is 3.45. The Morgan fingerprint density at radius 1 is 1.14 bits per heavy atom. The fraction of sp³-hybridized carbons (Fsp3) is 0.118. The van der Waals surface area contributed by atoms with E-state index in [-0.39, 0.29) is 5.91 Å². The van der Waals surface area contributed by atoms with Gasteiger partial charge in [0.05, 0.1) is 7.11 Å². The average Bonchev–Trinajstić information content (AvgIpc) is 3.01. The second kappa shape index (κ2) is 5.71. The molecule has 0 aliphatic rings. The summed E-state index contributed by atoms with van der Waals surface area (Å²) < 4.78 is 5.11. The zero-order chi connectivity index (χ0) is 14.7. The number of hydrogen-bond acceptors (Lipinski definition) is 2. The first-order chi connectivity index (χ1) is 10.3. The number of methoxy groups -OCH3 is 1. The van der Waals surface area contributed by atoms with Crippen LogP contribution in [0, 0.1) is 0 Å². The summed E-state index contributed by atoms with van der Waals surface area (Å²) in [7, 11) is 1.63. The van der Waals surface area contributed by atoms with Crippen LogP contribution in [0.25, 0.3) is 10.9 Å². The van der Waals surface area contributed by atoms with Gasteiger partial charge in [-0.15, -0.1) is 0 Å². The summed E-state index contributed by atoms with van der Waals surface area (Å²) in [6, 6.07) is 15.2. The molecule has 0 bridgehead atoms. The zero-order valence-corrected chi connectivity index (χ0v) is 11.7. The smallest absolute Gasteiger partial charge is 0.252 e. The Morgan fingerprint density at radius 2 is 1.95 bits per heavy atom. The summed E-state index contributed by atoms with van der Waals surface area (Å²) in [5.41, 5.74) is 2.68. The van der Waals surface area contributed by atoms with Crippen LogP contribution in [0.5, 0.6) is 5.75 Å². The first-order valence-corrected chi connectivity index (χ1v) is 6.75. The third kappa shape index (κ3) is 2.74. The van der Waals surface area contributed by atoms with Crippen molar-refractivity contribution in [2.45, 2.75) is 6.54 Å². The van der Waals surface area contributed by atoms with Crippen molar-refractivity contribution in [2.24, 2.45) is 0 Å². The van der Waals surface area contributed by atoms with Gasteiger partial charge in [-0.25, -0.2) is 0 Å². The van der Waals surface area contributed by atoms with Gasteiger partial charge in [-0.05, 0) is 35.9 Å². The van der Waals surface area contributed by atoms with Crippen LogP contribution < -0.4 is 10.1 Å². The molecule has 1 heterocycles. The summed E-state index contributed by atoms with van der Waals surface area (Å²) in [6.07, 6.45) is 1.84. The molecule has 2 aromatic carbocycles. The van der Waals surface area contributed by atoms with Gasteiger partial charge in [0.15, 0.2) is 0 Å². The summed E-state index contributed by atoms with van der Waals surface area (Å²) in [5.74, 6) is 0.734. The second-order valence-electron chi connectivity index (χ2n) is 4.78. The highest BCUT2D eigenvalue weighted by Gasteiger charge is 2.09. The van der Waals surface area contributed by atoms with Crippen LogP contribution >= 0.6 is 0 Å². The number of aromatic nitrogens is 1. The molecular formula is C17H16N2O2. The fourth-order valence-corrected chi connectivity index (χ4v) is 2.30. The van der Waals surface area contributed by atoms with Crippen LogP contribution in [0.4, 0.5) is 0 Å². The lowest BCUT2D eigenvalue weighted by molar-refractivity contribution is 0.0952. The normalized spacial score (nSPS) is 10.5. The monoisotopic (exact) mass is 280 g/mol. The number of nitrogens with one attached hydrogen (secondary N) is 2. The summed E-state index contributed by atoms with van der Waals surface area (Å²) >= 11 is 0. The van der Waals surface area contributed by atoms with Gasteiger partial charge in [0.25, 0.3) is 5.91 Å². The third-order valence-corrected chi connectivity index (χ3v) is 3.45. The maximum absolute atomic E-state index is 12.3. The number of amides is 1. The number of aromatic amines is 1. The van der Waals surface area contributed by atoms with Gasteiger partial charge in [0.2, 0.25) is 0 Å². The molecule has 0 fully saturated rings. The first-order valence-electron chi connectivity index (χ1n) is 6.75. The minimum Gasteiger partial charge on any atom is -0.497 e. The Bertz CT molecular complexity index is 760. The number of ether oxygens (including phenoxy) is 1. The topological polar surface area (TPSA) is 54.1 Å². The maximum atomic E-state index is 12.3. The highest BCUT2D eigenvalue weighted by atomic mass is 16.5. The molecule has 1 aromatic heterocycles. The Balaban J connectivity index is 1.72. The van der Waals surface area contributed by atoms with Crippen LogP contribution in [0.15, 0.2) is 54.7 Å². The quantitative estimate of drug-likeness (QED) is 0.771. The number of carbonyl (C=O) groups is 1. The summed E-state index contributed by atoms with van der Waals surface area (Å²) in [5, 5.41) is 3.88. The number of hydrogen-bond donors (Lipinski definition) is 2. The number of rotatable bonds is 4. The highest BCUT2D eigenvalue weighted by molar-refractivity contribution is 6.06.